The van der Waals surface area contributed by atoms with Crippen LogP contribution in [-0.4, -0.2) is 34.0 Å². The van der Waals surface area contributed by atoms with Gasteiger partial charge in [0, 0.05) is 5.57 Å². The highest BCUT2D eigenvalue weighted by Gasteiger charge is 2.43. The minimum Gasteiger partial charge on any atom is -0.478 e. The molecule has 0 unspecified atom stereocenters. The molecule has 4 atom stereocenters. The van der Waals surface area contributed by atoms with Crippen LogP contribution in [0.25, 0.3) is 0 Å². The number of rotatable bonds is 2. The zero-order valence-corrected chi connectivity index (χ0v) is 15.4. The van der Waals surface area contributed by atoms with Crippen molar-refractivity contribution in [2.45, 2.75) is 84.0 Å². The third-order valence-electron chi connectivity index (χ3n) is 5.70. The van der Waals surface area contributed by atoms with Crippen LogP contribution < -0.4 is 0 Å². The summed E-state index contributed by atoms with van der Waals surface area (Å²) in [5.74, 6) is 0.119. The summed E-state index contributed by atoms with van der Waals surface area (Å²) >= 11 is 0. The van der Waals surface area contributed by atoms with Crippen molar-refractivity contribution in [2.75, 3.05) is 0 Å². The van der Waals surface area contributed by atoms with E-state index in [1.54, 1.807) is 0 Å². The first-order valence-electron chi connectivity index (χ1n) is 9.18. The van der Waals surface area contributed by atoms with Crippen molar-refractivity contribution in [3.63, 3.8) is 0 Å². The highest BCUT2D eigenvalue weighted by molar-refractivity contribution is 5.86. The average molecular weight is 336 g/mol. The Bertz CT molecular complexity index is 520. The van der Waals surface area contributed by atoms with Crippen LogP contribution in [0.2, 0.25) is 0 Å². The van der Waals surface area contributed by atoms with E-state index in [9.17, 15) is 15.0 Å². The van der Waals surface area contributed by atoms with Gasteiger partial charge in [0.1, 0.15) is 0 Å². The molecule has 0 saturated carbocycles. The summed E-state index contributed by atoms with van der Waals surface area (Å²) in [5.41, 5.74) is 1.03. The van der Waals surface area contributed by atoms with Gasteiger partial charge in [-0.2, -0.15) is 0 Å². The number of hydrogen-bond donors (Lipinski definition) is 2. The number of aliphatic hydroxyl groups is 1. The summed E-state index contributed by atoms with van der Waals surface area (Å²) in [4.78, 5) is 11.4. The van der Waals surface area contributed by atoms with Gasteiger partial charge in [-0.25, -0.2) is 4.79 Å². The number of carboxylic acids is 1. The molecular formula is C20H32O4. The van der Waals surface area contributed by atoms with Crippen molar-refractivity contribution >= 4 is 5.97 Å². The van der Waals surface area contributed by atoms with E-state index >= 15 is 0 Å². The van der Waals surface area contributed by atoms with Gasteiger partial charge in [-0.3, -0.25) is 0 Å². The number of fused-ring (bicyclic) bond motifs is 2. The van der Waals surface area contributed by atoms with Crippen molar-refractivity contribution in [1.29, 1.82) is 0 Å². The Morgan fingerprint density at radius 2 is 2.04 bits per heavy atom. The summed E-state index contributed by atoms with van der Waals surface area (Å²) in [6.45, 7) is 8.52. The number of aliphatic hydroxyl groups excluding tert-OH is 1. The number of carboxylic acid groups (broad SMARTS) is 1. The molecule has 0 aliphatic carbocycles. The quantitative estimate of drug-likeness (QED) is 0.745. The second-order valence-electron chi connectivity index (χ2n) is 7.98. The summed E-state index contributed by atoms with van der Waals surface area (Å²) in [5, 5.41) is 20.0. The molecule has 1 fully saturated rings. The Kier molecular flexibility index (Phi) is 6.27. The van der Waals surface area contributed by atoms with E-state index < -0.39 is 17.7 Å². The lowest BCUT2D eigenvalue weighted by atomic mass is 9.76. The molecule has 2 aliphatic heterocycles. The number of carbonyl (C=O) groups is 1. The molecule has 0 aromatic carbocycles. The first-order valence-corrected chi connectivity index (χ1v) is 9.18. The molecule has 2 N–H and O–H groups in total. The fourth-order valence-electron chi connectivity index (χ4n) is 3.92. The van der Waals surface area contributed by atoms with Crippen LogP contribution in [-0.2, 0) is 9.53 Å². The maximum Gasteiger partial charge on any atom is 0.331 e. The Labute approximate surface area is 145 Å². The van der Waals surface area contributed by atoms with Crippen LogP contribution in [0.1, 0.15) is 66.2 Å². The van der Waals surface area contributed by atoms with E-state index in [1.165, 1.54) is 5.57 Å². The Morgan fingerprint density at radius 1 is 1.33 bits per heavy atom. The highest BCUT2D eigenvalue weighted by Crippen LogP contribution is 2.40. The second-order valence-corrected chi connectivity index (χ2v) is 7.98. The van der Waals surface area contributed by atoms with E-state index in [2.05, 4.69) is 26.8 Å². The molecular weight excluding hydrogens is 304 g/mol. The number of allylic oxidation sites excluding steroid dienone is 2. The first kappa shape index (κ1) is 19.2. The zero-order chi connectivity index (χ0) is 17.9. The highest BCUT2D eigenvalue weighted by atomic mass is 16.5. The van der Waals surface area contributed by atoms with Crippen LogP contribution in [0.4, 0.5) is 0 Å². The number of hydrogen-bond acceptors (Lipinski definition) is 3. The second kappa shape index (κ2) is 7.83. The van der Waals surface area contributed by atoms with Gasteiger partial charge in [0.2, 0.25) is 0 Å². The van der Waals surface area contributed by atoms with Crippen molar-refractivity contribution < 1.29 is 19.7 Å². The van der Waals surface area contributed by atoms with Gasteiger partial charge in [0.15, 0.2) is 0 Å². The van der Waals surface area contributed by atoms with Crippen molar-refractivity contribution in [1.82, 2.24) is 0 Å². The maximum atomic E-state index is 11.4. The van der Waals surface area contributed by atoms with E-state index in [0.29, 0.717) is 30.3 Å². The van der Waals surface area contributed by atoms with Crippen molar-refractivity contribution in [3.05, 3.63) is 23.3 Å². The van der Waals surface area contributed by atoms with Gasteiger partial charge < -0.3 is 14.9 Å². The van der Waals surface area contributed by atoms with Gasteiger partial charge in [0.05, 0.1) is 17.8 Å². The lowest BCUT2D eigenvalue weighted by Crippen LogP contribution is -2.51. The largest absolute Gasteiger partial charge is 0.478 e. The predicted molar refractivity (Wildman–Crippen MR) is 94.8 cm³/mol. The molecule has 0 amide bonds. The van der Waals surface area contributed by atoms with Gasteiger partial charge in [-0.05, 0) is 64.2 Å². The minimum absolute atomic E-state index is 0.0285. The van der Waals surface area contributed by atoms with Crippen LogP contribution in [0.15, 0.2) is 23.3 Å². The number of ether oxygens (including phenoxy) is 1. The lowest BCUT2D eigenvalue weighted by Gasteiger charge is -2.46. The predicted octanol–water partition coefficient (Wildman–Crippen LogP) is 4.09. The van der Waals surface area contributed by atoms with Crippen LogP contribution in [0, 0.1) is 11.8 Å². The SMILES string of the molecule is C/C1=C\[C@@H]2O[C@@](C)(CC[C@@H]2C(C)C)[C@H](O)CC/C(C(=O)O)=C/CC1. The molecule has 2 bridgehead atoms. The molecule has 4 heteroatoms. The molecule has 0 aromatic rings. The molecule has 1 saturated heterocycles. The van der Waals surface area contributed by atoms with E-state index in [1.807, 2.05) is 13.0 Å². The van der Waals surface area contributed by atoms with Crippen molar-refractivity contribution in [3.8, 4) is 0 Å². The molecule has 0 radical (unpaired) electrons. The standard InChI is InChI=1S/C20H32O4/c1-13(2)16-10-11-20(4)18(21)9-8-15(19(22)23)7-5-6-14(3)12-17(16)24-20/h7,12-13,16-18,21H,5-6,8-11H2,1-4H3,(H,22,23)/b14-12+,15-7-/t16-,17+,18-,20+/m1/s1. The third kappa shape index (κ3) is 4.48. The normalized spacial score (nSPS) is 39.8. The van der Waals surface area contributed by atoms with Gasteiger partial charge in [-0.15, -0.1) is 0 Å². The monoisotopic (exact) mass is 336 g/mol. The fourth-order valence-corrected chi connectivity index (χ4v) is 3.92. The van der Waals surface area contributed by atoms with Gasteiger partial charge in [-0.1, -0.05) is 31.6 Å². The lowest BCUT2D eigenvalue weighted by molar-refractivity contribution is -0.183. The summed E-state index contributed by atoms with van der Waals surface area (Å²) in [7, 11) is 0. The Balaban J connectivity index is 2.31. The van der Waals surface area contributed by atoms with E-state index in [4.69, 9.17) is 4.74 Å². The first-order chi connectivity index (χ1) is 11.2. The van der Waals surface area contributed by atoms with Crippen molar-refractivity contribution in [2.24, 2.45) is 11.8 Å². The molecule has 0 spiro atoms. The summed E-state index contributed by atoms with van der Waals surface area (Å²) in [6.07, 6.45) is 7.61. The Hall–Kier alpha value is -1.13. The van der Waals surface area contributed by atoms with Gasteiger partial charge in [0.25, 0.3) is 0 Å². The molecule has 136 valence electrons. The van der Waals surface area contributed by atoms with E-state index in [0.717, 1.165) is 25.7 Å². The van der Waals surface area contributed by atoms with Gasteiger partial charge >= 0.3 is 5.97 Å². The summed E-state index contributed by atoms with van der Waals surface area (Å²) < 4.78 is 6.41. The van der Waals surface area contributed by atoms with Crippen LogP contribution in [0.5, 0.6) is 0 Å². The van der Waals surface area contributed by atoms with Crippen LogP contribution >= 0.6 is 0 Å². The molecule has 2 aliphatic rings. The molecule has 2 rings (SSSR count). The number of aliphatic carboxylic acids is 1. The van der Waals surface area contributed by atoms with E-state index in [-0.39, 0.29) is 6.10 Å². The average Bonchev–Trinajstić information content (AvgIpc) is 2.48. The molecule has 24 heavy (non-hydrogen) atoms. The zero-order valence-electron chi connectivity index (χ0n) is 15.4. The third-order valence-corrected chi connectivity index (χ3v) is 5.70. The smallest absolute Gasteiger partial charge is 0.331 e. The molecule has 2 heterocycles. The molecule has 0 aromatic heterocycles. The topological polar surface area (TPSA) is 66.8 Å². The fraction of sp³-hybridized carbons (Fsp3) is 0.750. The van der Waals surface area contributed by atoms with Crippen LogP contribution in [0.3, 0.4) is 0 Å². The Morgan fingerprint density at radius 3 is 2.67 bits per heavy atom. The molecule has 4 nitrogen and oxygen atoms in total. The summed E-state index contributed by atoms with van der Waals surface area (Å²) in [6, 6.07) is 0. The minimum atomic E-state index is -0.881. The maximum absolute atomic E-state index is 11.4.